The molecule has 7 nitrogen and oxygen atoms in total. The standard InChI is InChI=1S/C53H75O7PS2/c1-13-39(2)40(3)41(4)42(5)43(6)44(7)45(8)46(9)47(10)60-61(54,55)59-36-22-15-17-24-38-63(62)37-23-16-14-21-35-58-53(48-25-19-18-20-26-48,49-27-31-51(56-11)32-28-49)50-29-33-52(57-12)34-30-50/h13,18-20,25-34H,14-17,21-24,35-38H2,1-12H3,(H,54,55). The largest absolute Gasteiger partial charge is 0.527 e. The van der Waals surface area contributed by atoms with Crippen LogP contribution in [0.1, 0.15) is 137 Å². The predicted octanol–water partition coefficient (Wildman–Crippen LogP) is 14.6. The molecule has 0 aliphatic heterocycles. The summed E-state index contributed by atoms with van der Waals surface area (Å²) in [6.45, 7) is 21.3. The van der Waals surface area contributed by atoms with Gasteiger partial charge in [-0.15, -0.1) is 9.45 Å². The molecule has 0 fully saturated rings. The molecule has 0 aromatic heterocycles. The fourth-order valence-electron chi connectivity index (χ4n) is 7.47. The third-order valence-electron chi connectivity index (χ3n) is 12.5. The van der Waals surface area contributed by atoms with Crippen LogP contribution < -0.4 is 9.47 Å². The minimum atomic E-state index is -4.25. The smallest absolute Gasteiger partial charge is 0.497 e. The normalized spacial score (nSPS) is 15.3. The number of ether oxygens (including phenoxy) is 3. The van der Waals surface area contributed by atoms with Crippen LogP contribution in [0, 0.1) is 0 Å². The molecule has 2 atom stereocenters. The lowest BCUT2D eigenvalue weighted by Crippen LogP contribution is -2.33. The van der Waals surface area contributed by atoms with E-state index in [1.807, 2.05) is 44.2 Å². The van der Waals surface area contributed by atoms with Gasteiger partial charge in [0, 0.05) is 6.61 Å². The summed E-state index contributed by atoms with van der Waals surface area (Å²) in [5.41, 5.74) is 11.5. The third kappa shape index (κ3) is 16.1. The summed E-state index contributed by atoms with van der Waals surface area (Å²) in [5, 5.41) is 0. The average Bonchev–Trinajstić information content (AvgIpc) is 3.30. The molecule has 0 saturated carbocycles. The SMILES string of the molecule is CC=C(C)C(C)=C(C)C(C)=C(C)C(C)=C(C)C(C)=C(C)OP(=O)(O)OCCCCCCS(=S)CCCCCCOC(c1ccccc1)(c1ccc(OC)cc1)c1ccc(OC)cc1. The molecule has 63 heavy (non-hydrogen) atoms. The molecule has 0 aliphatic rings. The zero-order valence-corrected chi connectivity index (χ0v) is 42.8. The molecule has 1 N–H and O–H groups in total. The average molecular weight is 919 g/mol. The van der Waals surface area contributed by atoms with Crippen LogP contribution in [0.4, 0.5) is 0 Å². The Bertz CT molecular complexity index is 2080. The van der Waals surface area contributed by atoms with E-state index in [0.717, 1.165) is 101 Å². The monoisotopic (exact) mass is 918 g/mol. The molecular weight excluding hydrogens is 844 g/mol. The summed E-state index contributed by atoms with van der Waals surface area (Å²) < 4.78 is 41.7. The second-order valence-corrected chi connectivity index (χ2v) is 20.8. The van der Waals surface area contributed by atoms with Crippen molar-refractivity contribution in [2.75, 3.05) is 38.9 Å². The summed E-state index contributed by atoms with van der Waals surface area (Å²) in [4.78, 5) is 10.5. The third-order valence-corrected chi connectivity index (χ3v) is 16.0. The fraction of sp³-hybridized carbons (Fsp3) is 0.472. The van der Waals surface area contributed by atoms with Gasteiger partial charge in [0.25, 0.3) is 0 Å². The van der Waals surface area contributed by atoms with Gasteiger partial charge in [-0.3, -0.25) is 9.42 Å². The van der Waals surface area contributed by atoms with E-state index >= 15 is 0 Å². The highest BCUT2D eigenvalue weighted by Crippen LogP contribution is 2.47. The quantitative estimate of drug-likeness (QED) is 0.0266. The molecule has 0 heterocycles. The Labute approximate surface area is 387 Å². The molecule has 3 aromatic carbocycles. The number of hydrogen-bond donors (Lipinski definition) is 1. The number of unbranched alkanes of at least 4 members (excludes halogenated alkanes) is 6. The first-order valence-corrected chi connectivity index (χ1v) is 26.4. The van der Waals surface area contributed by atoms with Crippen molar-refractivity contribution < 1.29 is 32.7 Å². The van der Waals surface area contributed by atoms with Gasteiger partial charge in [-0.25, -0.2) is 4.57 Å². The van der Waals surface area contributed by atoms with E-state index in [-0.39, 0.29) is 16.1 Å². The van der Waals surface area contributed by atoms with E-state index in [0.29, 0.717) is 18.8 Å². The summed E-state index contributed by atoms with van der Waals surface area (Å²) in [5.74, 6) is 4.07. The highest BCUT2D eigenvalue weighted by Gasteiger charge is 2.37. The number of hydrogen-bond acceptors (Lipinski definition) is 7. The molecule has 0 aliphatic carbocycles. The van der Waals surface area contributed by atoms with Gasteiger partial charge < -0.3 is 18.7 Å². The number of methoxy groups -OCH3 is 2. The predicted molar refractivity (Wildman–Crippen MR) is 269 cm³/mol. The van der Waals surface area contributed by atoms with Crippen LogP contribution in [0.25, 0.3) is 0 Å². The van der Waals surface area contributed by atoms with E-state index in [9.17, 15) is 9.46 Å². The molecule has 3 rings (SSSR count). The van der Waals surface area contributed by atoms with Crippen molar-refractivity contribution in [1.29, 1.82) is 0 Å². The maximum absolute atomic E-state index is 12.9. The van der Waals surface area contributed by atoms with Gasteiger partial charge in [-0.2, -0.15) is 0 Å². The summed E-state index contributed by atoms with van der Waals surface area (Å²) in [6, 6.07) is 26.7. The Morgan fingerprint density at radius 3 is 1.46 bits per heavy atom. The van der Waals surface area contributed by atoms with Crippen molar-refractivity contribution in [2.45, 2.75) is 126 Å². The Balaban J connectivity index is 1.41. The minimum Gasteiger partial charge on any atom is -0.497 e. The molecule has 0 amide bonds. The van der Waals surface area contributed by atoms with Crippen molar-refractivity contribution in [1.82, 2.24) is 0 Å². The molecule has 346 valence electrons. The van der Waals surface area contributed by atoms with E-state index in [1.54, 1.807) is 21.1 Å². The number of rotatable bonds is 27. The van der Waals surface area contributed by atoms with E-state index < -0.39 is 13.4 Å². The topological polar surface area (TPSA) is 83.5 Å². The van der Waals surface area contributed by atoms with Crippen LogP contribution in [0.2, 0.25) is 0 Å². The molecular formula is C53H75O7PS2. The number of allylic oxidation sites excluding steroid dienone is 10. The molecule has 0 spiro atoms. The summed E-state index contributed by atoms with van der Waals surface area (Å²) in [7, 11) is -0.931. The van der Waals surface area contributed by atoms with Crippen LogP contribution in [0.15, 0.2) is 135 Å². The zero-order chi connectivity index (χ0) is 46.6. The first-order valence-electron chi connectivity index (χ1n) is 22.4. The van der Waals surface area contributed by atoms with Gasteiger partial charge in [0.1, 0.15) is 22.9 Å². The van der Waals surface area contributed by atoms with Gasteiger partial charge in [0.15, 0.2) is 0 Å². The van der Waals surface area contributed by atoms with Crippen LogP contribution in [0.3, 0.4) is 0 Å². The number of phosphoric ester groups is 1. The molecule has 2 unspecified atom stereocenters. The highest BCUT2D eigenvalue weighted by atomic mass is 32.8. The molecule has 10 heteroatoms. The first kappa shape index (κ1) is 53.8. The minimum absolute atomic E-state index is 0.0451. The maximum atomic E-state index is 12.9. The molecule has 0 saturated heterocycles. The van der Waals surface area contributed by atoms with Crippen molar-refractivity contribution >= 4 is 28.5 Å². The van der Waals surface area contributed by atoms with Crippen LogP contribution in [-0.4, -0.2) is 43.8 Å². The van der Waals surface area contributed by atoms with Gasteiger partial charge in [0.05, 0.1) is 20.8 Å². The summed E-state index contributed by atoms with van der Waals surface area (Å²) >= 11 is 5.85. The van der Waals surface area contributed by atoms with Crippen LogP contribution in [0.5, 0.6) is 11.5 Å². The fourth-order valence-corrected chi connectivity index (χ4v) is 10.3. The van der Waals surface area contributed by atoms with Crippen molar-refractivity contribution in [3.63, 3.8) is 0 Å². The Morgan fingerprint density at radius 1 is 0.587 bits per heavy atom. The Morgan fingerprint density at radius 2 is 1.00 bits per heavy atom. The molecule has 3 aromatic rings. The first-order chi connectivity index (χ1) is 30.0. The highest BCUT2D eigenvalue weighted by molar-refractivity contribution is 8.28. The number of benzene rings is 3. The Kier molecular flexibility index (Phi) is 23.1. The second-order valence-electron chi connectivity index (χ2n) is 16.3. The van der Waals surface area contributed by atoms with Crippen LogP contribution in [-0.2, 0) is 44.6 Å². The number of phosphoric acid groups is 1. The van der Waals surface area contributed by atoms with Gasteiger partial charge in [-0.1, -0.05) is 103 Å². The van der Waals surface area contributed by atoms with Crippen LogP contribution >= 0.6 is 7.82 Å². The Hall–Kier alpha value is -3.56. The van der Waals surface area contributed by atoms with Crippen molar-refractivity contribution in [2.24, 2.45) is 0 Å². The van der Waals surface area contributed by atoms with Gasteiger partial charge in [-0.05, 0) is 186 Å². The molecule has 0 radical (unpaired) electrons. The van der Waals surface area contributed by atoms with Gasteiger partial charge >= 0.3 is 7.82 Å². The maximum Gasteiger partial charge on any atom is 0.527 e. The zero-order valence-electron chi connectivity index (χ0n) is 40.2. The molecule has 0 bridgehead atoms. The van der Waals surface area contributed by atoms with Crippen molar-refractivity contribution in [3.05, 3.63) is 152 Å². The van der Waals surface area contributed by atoms with E-state index in [1.165, 1.54) is 27.9 Å². The lowest BCUT2D eigenvalue weighted by Gasteiger charge is -2.36. The van der Waals surface area contributed by atoms with Crippen molar-refractivity contribution in [3.8, 4) is 11.5 Å². The second kappa shape index (κ2) is 27.0. The van der Waals surface area contributed by atoms with E-state index in [2.05, 4.69) is 103 Å². The van der Waals surface area contributed by atoms with Gasteiger partial charge in [0.2, 0.25) is 0 Å². The summed E-state index contributed by atoms with van der Waals surface area (Å²) in [6.07, 6.45) is 10.0. The lowest BCUT2D eigenvalue weighted by atomic mass is 9.80. The van der Waals surface area contributed by atoms with E-state index in [4.69, 9.17) is 34.4 Å². The lowest BCUT2D eigenvalue weighted by molar-refractivity contribution is 0.0106.